The van der Waals surface area contributed by atoms with Gasteiger partial charge in [0.2, 0.25) is 5.78 Å². The number of benzene rings is 2. The Labute approximate surface area is 153 Å². The summed E-state index contributed by atoms with van der Waals surface area (Å²) in [6.07, 6.45) is -0.0883. The summed E-state index contributed by atoms with van der Waals surface area (Å²) in [5.41, 5.74) is 1.14. The fraction of sp³-hybridized carbons (Fsp3) is 0.167. The lowest BCUT2D eigenvalue weighted by molar-refractivity contribution is -0.384. The van der Waals surface area contributed by atoms with Crippen LogP contribution in [0, 0.1) is 10.1 Å². The molecule has 0 unspecified atom stereocenters. The Morgan fingerprint density at radius 2 is 1.62 bits per heavy atom. The monoisotopic (exact) mass is 437 g/mol. The second kappa shape index (κ2) is 8.05. The first-order valence-corrected chi connectivity index (χ1v) is 8.39. The molecule has 0 bridgehead atoms. The van der Waals surface area contributed by atoms with Crippen molar-refractivity contribution < 1.29 is 14.5 Å². The maximum atomic E-state index is 12.7. The molecule has 0 radical (unpaired) electrons. The van der Waals surface area contributed by atoms with Gasteiger partial charge in [0.15, 0.2) is 0 Å². The maximum Gasteiger partial charge on any atom is 0.269 e. The minimum atomic E-state index is -0.494. The molecular formula is C18H16INO4. The quantitative estimate of drug-likeness (QED) is 0.159. The molecule has 0 amide bonds. The van der Waals surface area contributed by atoms with Crippen LogP contribution in [0.1, 0.15) is 29.8 Å². The van der Waals surface area contributed by atoms with Crippen molar-refractivity contribution in [2.24, 2.45) is 0 Å². The van der Waals surface area contributed by atoms with E-state index in [2.05, 4.69) is 0 Å². The van der Waals surface area contributed by atoms with E-state index < -0.39 is 4.92 Å². The van der Waals surface area contributed by atoms with E-state index >= 15 is 0 Å². The summed E-state index contributed by atoms with van der Waals surface area (Å²) >= 11 is 1.96. The van der Waals surface area contributed by atoms with E-state index in [1.165, 1.54) is 24.3 Å². The molecule has 2 rings (SSSR count). The van der Waals surface area contributed by atoms with Gasteiger partial charge in [0, 0.05) is 23.3 Å². The third-order valence-electron chi connectivity index (χ3n) is 3.13. The van der Waals surface area contributed by atoms with Crippen LogP contribution in [-0.2, 0) is 4.74 Å². The molecule has 0 spiro atoms. The number of rotatable bonds is 6. The molecule has 5 nitrogen and oxygen atoms in total. The van der Waals surface area contributed by atoms with E-state index in [1.807, 2.05) is 66.8 Å². The van der Waals surface area contributed by atoms with Gasteiger partial charge in [0.1, 0.15) is 9.34 Å². The van der Waals surface area contributed by atoms with E-state index in [9.17, 15) is 14.9 Å². The van der Waals surface area contributed by atoms with Crippen LogP contribution < -0.4 is 0 Å². The zero-order valence-electron chi connectivity index (χ0n) is 13.2. The van der Waals surface area contributed by atoms with Crippen molar-refractivity contribution in [3.05, 3.63) is 79.4 Å². The number of non-ortho nitro benzene ring substituents is 1. The van der Waals surface area contributed by atoms with Crippen molar-refractivity contribution in [1.82, 2.24) is 0 Å². The molecule has 24 heavy (non-hydrogen) atoms. The first-order chi connectivity index (χ1) is 11.4. The molecule has 124 valence electrons. The number of carbonyl (C=O) groups excluding carboxylic acids is 1. The maximum absolute atomic E-state index is 12.7. The minimum Gasteiger partial charge on any atom is -0.489 e. The van der Waals surface area contributed by atoms with Crippen molar-refractivity contribution in [2.75, 3.05) is 0 Å². The van der Waals surface area contributed by atoms with Gasteiger partial charge in [-0.1, -0.05) is 30.3 Å². The predicted octanol–water partition coefficient (Wildman–Crippen LogP) is 5.01. The SMILES string of the molecule is CC(C)O/C(=C(\I)C(=O)c1ccc([N+](=O)[O-])cc1)c1ccccc1. The van der Waals surface area contributed by atoms with E-state index in [-0.39, 0.29) is 17.6 Å². The molecule has 0 aliphatic rings. The lowest BCUT2D eigenvalue weighted by Gasteiger charge is -2.16. The first-order valence-electron chi connectivity index (χ1n) is 7.31. The third-order valence-corrected chi connectivity index (χ3v) is 4.11. The molecule has 0 fully saturated rings. The van der Waals surface area contributed by atoms with Crippen LogP contribution in [0.4, 0.5) is 5.69 Å². The zero-order chi connectivity index (χ0) is 17.7. The van der Waals surface area contributed by atoms with Crippen molar-refractivity contribution in [3.8, 4) is 0 Å². The van der Waals surface area contributed by atoms with Gasteiger partial charge in [-0.15, -0.1) is 0 Å². The van der Waals surface area contributed by atoms with E-state index in [1.54, 1.807) is 0 Å². The number of allylic oxidation sites excluding steroid dienone is 1. The first kappa shape index (κ1) is 18.1. The van der Waals surface area contributed by atoms with Crippen molar-refractivity contribution in [2.45, 2.75) is 20.0 Å². The number of halogens is 1. The van der Waals surface area contributed by atoms with Crippen LogP contribution in [0.15, 0.2) is 58.2 Å². The number of nitrogens with zero attached hydrogens (tertiary/aromatic N) is 1. The molecule has 0 saturated heterocycles. The van der Waals surface area contributed by atoms with Gasteiger partial charge in [0.25, 0.3) is 5.69 Å². The van der Waals surface area contributed by atoms with Gasteiger partial charge in [-0.2, -0.15) is 0 Å². The van der Waals surface area contributed by atoms with Crippen molar-refractivity contribution >= 4 is 39.8 Å². The highest BCUT2D eigenvalue weighted by Crippen LogP contribution is 2.29. The van der Waals surface area contributed by atoms with Gasteiger partial charge in [-0.05, 0) is 48.6 Å². The van der Waals surface area contributed by atoms with E-state index in [0.717, 1.165) is 5.56 Å². The van der Waals surface area contributed by atoms with Gasteiger partial charge in [-0.25, -0.2) is 0 Å². The fourth-order valence-corrected chi connectivity index (χ4v) is 2.79. The summed E-state index contributed by atoms with van der Waals surface area (Å²) in [4.78, 5) is 22.9. The number of hydrogen-bond acceptors (Lipinski definition) is 4. The van der Waals surface area contributed by atoms with Gasteiger partial charge in [-0.3, -0.25) is 14.9 Å². The van der Waals surface area contributed by atoms with Crippen LogP contribution in [0.2, 0.25) is 0 Å². The Balaban J connectivity index is 2.42. The molecule has 0 aliphatic carbocycles. The molecule has 0 aromatic heterocycles. The molecule has 0 N–H and O–H groups in total. The number of ether oxygens (including phenoxy) is 1. The number of Topliss-reactive ketones (excluding diaryl/α,β-unsaturated/α-hetero) is 1. The Hall–Kier alpha value is -2.22. The summed E-state index contributed by atoms with van der Waals surface area (Å²) in [7, 11) is 0. The van der Waals surface area contributed by atoms with Crippen LogP contribution >= 0.6 is 22.6 Å². The highest BCUT2D eigenvalue weighted by atomic mass is 127. The smallest absolute Gasteiger partial charge is 0.269 e. The van der Waals surface area contributed by atoms with Gasteiger partial charge < -0.3 is 4.74 Å². The Morgan fingerprint density at radius 1 is 1.04 bits per heavy atom. The molecule has 0 saturated carbocycles. The lowest BCUT2D eigenvalue weighted by atomic mass is 10.1. The molecule has 2 aromatic carbocycles. The minimum absolute atomic E-state index is 0.0488. The van der Waals surface area contributed by atoms with Crippen molar-refractivity contribution in [3.63, 3.8) is 0 Å². The summed E-state index contributed by atoms with van der Waals surface area (Å²) in [5.74, 6) is 0.277. The molecule has 6 heteroatoms. The average Bonchev–Trinajstić information content (AvgIpc) is 2.59. The standard InChI is InChI=1S/C18H16INO4/c1-12(2)24-18(14-6-4-3-5-7-14)16(19)17(21)13-8-10-15(11-9-13)20(22)23/h3-12H,1-2H3/b18-16-. The summed E-state index contributed by atoms with van der Waals surface area (Å²) in [6, 6.07) is 14.9. The lowest BCUT2D eigenvalue weighted by Crippen LogP contribution is -2.08. The Bertz CT molecular complexity index is 767. The number of ketones is 1. The third kappa shape index (κ3) is 4.41. The second-order valence-corrected chi connectivity index (χ2v) is 6.39. The average molecular weight is 437 g/mol. The number of hydrogen-bond donors (Lipinski definition) is 0. The summed E-state index contributed by atoms with van der Waals surface area (Å²) < 4.78 is 6.28. The number of nitro benzene ring substituents is 1. The van der Waals surface area contributed by atoms with Crippen LogP contribution in [-0.4, -0.2) is 16.8 Å². The summed E-state index contributed by atoms with van der Waals surface area (Å²) in [6.45, 7) is 3.78. The topological polar surface area (TPSA) is 69.4 Å². The van der Waals surface area contributed by atoms with Crippen LogP contribution in [0.5, 0.6) is 0 Å². The molecule has 0 atom stereocenters. The highest BCUT2D eigenvalue weighted by Gasteiger charge is 2.19. The van der Waals surface area contributed by atoms with Gasteiger partial charge >= 0.3 is 0 Å². The van der Waals surface area contributed by atoms with E-state index in [4.69, 9.17) is 4.74 Å². The zero-order valence-corrected chi connectivity index (χ0v) is 15.4. The normalized spacial score (nSPS) is 11.8. The van der Waals surface area contributed by atoms with Crippen LogP contribution in [0.3, 0.4) is 0 Å². The Morgan fingerprint density at radius 3 is 2.12 bits per heavy atom. The highest BCUT2D eigenvalue weighted by molar-refractivity contribution is 14.1. The second-order valence-electron chi connectivity index (χ2n) is 5.31. The number of nitro groups is 1. The summed E-state index contributed by atoms with van der Waals surface area (Å²) in [5, 5.41) is 10.7. The van der Waals surface area contributed by atoms with Crippen molar-refractivity contribution in [1.29, 1.82) is 0 Å². The van der Waals surface area contributed by atoms with Crippen LogP contribution in [0.25, 0.3) is 5.76 Å². The molecule has 0 heterocycles. The number of carbonyl (C=O) groups is 1. The largest absolute Gasteiger partial charge is 0.489 e. The van der Waals surface area contributed by atoms with Gasteiger partial charge in [0.05, 0.1) is 11.0 Å². The molecule has 0 aliphatic heterocycles. The molecule has 2 aromatic rings. The van der Waals surface area contributed by atoms with E-state index in [0.29, 0.717) is 14.9 Å². The Kier molecular flexibility index (Phi) is 6.08. The molecular weight excluding hydrogens is 421 g/mol. The predicted molar refractivity (Wildman–Crippen MR) is 101 cm³/mol. The fourth-order valence-electron chi connectivity index (χ4n) is 2.04.